The zero-order valence-electron chi connectivity index (χ0n) is 7.15. The first kappa shape index (κ1) is 9.14. The van der Waals surface area contributed by atoms with Gasteiger partial charge in [0.1, 0.15) is 5.75 Å². The van der Waals surface area contributed by atoms with E-state index in [-0.39, 0.29) is 0 Å². The number of hydrogen-bond donors (Lipinski definition) is 1. The molecule has 0 aromatic heterocycles. The molecule has 0 aliphatic heterocycles. The van der Waals surface area contributed by atoms with Crippen molar-refractivity contribution in [3.05, 3.63) is 24.3 Å². The van der Waals surface area contributed by atoms with Gasteiger partial charge in [-0.25, -0.2) is 0 Å². The van der Waals surface area contributed by atoms with E-state index in [9.17, 15) is 4.57 Å². The normalized spacial score (nSPS) is 11.2. The highest BCUT2D eigenvalue weighted by atomic mass is 31.2. The van der Waals surface area contributed by atoms with Crippen LogP contribution in [0.1, 0.15) is 0 Å². The third kappa shape index (κ3) is 2.59. The molecule has 0 saturated carbocycles. The van der Waals surface area contributed by atoms with E-state index in [1.165, 1.54) is 0 Å². The lowest BCUT2D eigenvalue weighted by molar-refractivity contribution is 0.495. The molecule has 1 rings (SSSR count). The lowest BCUT2D eigenvalue weighted by Crippen LogP contribution is -1.93. The standard InChI is InChI=1S/C8H12NO2P/c1-12(2,10)11-8-6-4-3-5-7(8)9/h3-6H,9H2,1-2H3. The second kappa shape index (κ2) is 3.20. The van der Waals surface area contributed by atoms with Crippen LogP contribution in [0, 0.1) is 0 Å². The second-order valence-corrected chi connectivity index (χ2v) is 5.57. The lowest BCUT2D eigenvalue weighted by Gasteiger charge is -2.11. The Balaban J connectivity index is 2.90. The van der Waals surface area contributed by atoms with Crippen molar-refractivity contribution in [3.8, 4) is 5.75 Å². The molecule has 2 N–H and O–H groups in total. The maximum Gasteiger partial charge on any atom is 0.242 e. The first-order valence-electron chi connectivity index (χ1n) is 3.58. The first-order chi connectivity index (χ1) is 5.49. The molecule has 1 aromatic carbocycles. The summed E-state index contributed by atoms with van der Waals surface area (Å²) in [5.74, 6) is 0.492. The molecule has 0 saturated heterocycles. The molecule has 0 radical (unpaired) electrons. The van der Waals surface area contributed by atoms with Crippen molar-refractivity contribution < 1.29 is 9.09 Å². The Morgan fingerprint density at radius 2 is 1.92 bits per heavy atom. The molecule has 66 valence electrons. The van der Waals surface area contributed by atoms with Gasteiger partial charge in [-0.1, -0.05) is 12.1 Å². The average Bonchev–Trinajstić information content (AvgIpc) is 1.91. The summed E-state index contributed by atoms with van der Waals surface area (Å²) in [4.78, 5) is 0. The molecule has 0 amide bonds. The predicted octanol–water partition coefficient (Wildman–Crippen LogP) is 2.19. The third-order valence-electron chi connectivity index (χ3n) is 1.24. The van der Waals surface area contributed by atoms with E-state index >= 15 is 0 Å². The monoisotopic (exact) mass is 185 g/mol. The minimum absolute atomic E-state index is 0.492. The topological polar surface area (TPSA) is 52.3 Å². The Bertz CT molecular complexity index is 319. The molecule has 0 aliphatic carbocycles. The predicted molar refractivity (Wildman–Crippen MR) is 50.9 cm³/mol. The van der Waals surface area contributed by atoms with Crippen molar-refractivity contribution in [2.45, 2.75) is 0 Å². The van der Waals surface area contributed by atoms with Gasteiger partial charge in [-0.2, -0.15) is 0 Å². The van der Waals surface area contributed by atoms with Crippen LogP contribution in [0.25, 0.3) is 0 Å². The molecule has 4 heteroatoms. The number of anilines is 1. The van der Waals surface area contributed by atoms with Gasteiger partial charge in [0, 0.05) is 13.3 Å². The van der Waals surface area contributed by atoms with E-state index in [1.54, 1.807) is 37.6 Å². The Labute approximate surface area is 72.0 Å². The Morgan fingerprint density at radius 1 is 1.33 bits per heavy atom. The molecular formula is C8H12NO2P. The van der Waals surface area contributed by atoms with Gasteiger partial charge in [-0.3, -0.25) is 4.57 Å². The van der Waals surface area contributed by atoms with E-state index in [1.807, 2.05) is 0 Å². The van der Waals surface area contributed by atoms with E-state index in [4.69, 9.17) is 10.3 Å². The number of rotatable bonds is 2. The molecule has 1 aromatic rings. The van der Waals surface area contributed by atoms with Gasteiger partial charge < -0.3 is 10.3 Å². The van der Waals surface area contributed by atoms with Crippen molar-refractivity contribution in [1.29, 1.82) is 0 Å². The van der Waals surface area contributed by atoms with Crippen LogP contribution >= 0.6 is 7.37 Å². The van der Waals surface area contributed by atoms with Crippen LogP contribution in [0.4, 0.5) is 5.69 Å². The average molecular weight is 185 g/mol. The molecule has 3 nitrogen and oxygen atoms in total. The summed E-state index contributed by atoms with van der Waals surface area (Å²) < 4.78 is 16.4. The zero-order valence-corrected chi connectivity index (χ0v) is 8.04. The van der Waals surface area contributed by atoms with Crippen LogP contribution in [0.15, 0.2) is 24.3 Å². The maximum atomic E-state index is 11.3. The molecule has 0 fully saturated rings. The Morgan fingerprint density at radius 3 is 2.42 bits per heavy atom. The summed E-state index contributed by atoms with van der Waals surface area (Å²) >= 11 is 0. The van der Waals surface area contributed by atoms with Crippen LogP contribution in [0.2, 0.25) is 0 Å². The third-order valence-corrected chi connectivity index (χ3v) is 1.87. The van der Waals surface area contributed by atoms with Gasteiger partial charge in [-0.05, 0) is 12.1 Å². The molecule has 12 heavy (non-hydrogen) atoms. The van der Waals surface area contributed by atoms with Gasteiger partial charge >= 0.3 is 0 Å². The second-order valence-electron chi connectivity index (χ2n) is 2.88. The molecule has 0 bridgehead atoms. The summed E-state index contributed by atoms with van der Waals surface area (Å²) in [7, 11) is -2.49. The van der Waals surface area contributed by atoms with Gasteiger partial charge in [0.15, 0.2) is 0 Å². The van der Waals surface area contributed by atoms with Crippen LogP contribution in [0.5, 0.6) is 5.75 Å². The fourth-order valence-corrected chi connectivity index (χ4v) is 1.44. The minimum Gasteiger partial charge on any atom is -0.441 e. The van der Waals surface area contributed by atoms with Crippen LogP contribution in [-0.4, -0.2) is 13.3 Å². The van der Waals surface area contributed by atoms with Crippen molar-refractivity contribution in [1.82, 2.24) is 0 Å². The fraction of sp³-hybridized carbons (Fsp3) is 0.250. The summed E-state index contributed by atoms with van der Waals surface area (Å²) in [5.41, 5.74) is 6.10. The van der Waals surface area contributed by atoms with Gasteiger partial charge in [0.05, 0.1) is 5.69 Å². The number of hydrogen-bond acceptors (Lipinski definition) is 3. The summed E-state index contributed by atoms with van der Waals surface area (Å²) in [5, 5.41) is 0. The molecule has 0 atom stereocenters. The van der Waals surface area contributed by atoms with E-state index < -0.39 is 7.37 Å². The van der Waals surface area contributed by atoms with E-state index in [0.29, 0.717) is 11.4 Å². The van der Waals surface area contributed by atoms with Gasteiger partial charge in [0.2, 0.25) is 7.37 Å². The number of benzene rings is 1. The van der Waals surface area contributed by atoms with Crippen molar-refractivity contribution in [2.75, 3.05) is 19.1 Å². The van der Waals surface area contributed by atoms with Crippen molar-refractivity contribution in [3.63, 3.8) is 0 Å². The maximum absolute atomic E-state index is 11.3. The van der Waals surface area contributed by atoms with Crippen LogP contribution < -0.4 is 10.3 Å². The van der Waals surface area contributed by atoms with E-state index in [0.717, 1.165) is 0 Å². The molecular weight excluding hydrogens is 173 g/mol. The summed E-state index contributed by atoms with van der Waals surface area (Å²) in [6.45, 7) is 3.11. The van der Waals surface area contributed by atoms with Crippen molar-refractivity contribution >= 4 is 13.1 Å². The number of nitrogens with two attached hydrogens (primary N) is 1. The fourth-order valence-electron chi connectivity index (χ4n) is 0.801. The molecule has 0 aliphatic rings. The summed E-state index contributed by atoms with van der Waals surface area (Å²) in [6, 6.07) is 7.01. The van der Waals surface area contributed by atoms with Crippen LogP contribution in [0.3, 0.4) is 0 Å². The molecule has 0 heterocycles. The highest BCUT2D eigenvalue weighted by molar-refractivity contribution is 7.57. The highest BCUT2D eigenvalue weighted by Crippen LogP contribution is 2.40. The summed E-state index contributed by atoms with van der Waals surface area (Å²) in [6.07, 6.45) is 0. The number of nitrogen functional groups attached to an aromatic ring is 1. The Kier molecular flexibility index (Phi) is 2.43. The first-order valence-corrected chi connectivity index (χ1v) is 6.10. The SMILES string of the molecule is CP(C)(=O)Oc1ccccc1N. The highest BCUT2D eigenvalue weighted by Gasteiger charge is 2.09. The van der Waals surface area contributed by atoms with Crippen LogP contribution in [-0.2, 0) is 4.57 Å². The van der Waals surface area contributed by atoms with Gasteiger partial charge in [-0.15, -0.1) is 0 Å². The smallest absolute Gasteiger partial charge is 0.242 e. The number of para-hydroxylation sites is 2. The quantitative estimate of drug-likeness (QED) is 0.567. The molecule has 0 unspecified atom stereocenters. The van der Waals surface area contributed by atoms with Gasteiger partial charge in [0.25, 0.3) is 0 Å². The van der Waals surface area contributed by atoms with E-state index in [2.05, 4.69) is 0 Å². The van der Waals surface area contributed by atoms with Crippen molar-refractivity contribution in [2.24, 2.45) is 0 Å². The minimum atomic E-state index is -2.49. The lowest BCUT2D eigenvalue weighted by atomic mass is 10.3. The largest absolute Gasteiger partial charge is 0.441 e. The molecule has 0 spiro atoms. The zero-order chi connectivity index (χ0) is 9.19. The Hall–Kier alpha value is -0.950.